The van der Waals surface area contributed by atoms with Crippen molar-refractivity contribution < 1.29 is 0 Å². The van der Waals surface area contributed by atoms with E-state index in [2.05, 4.69) is 65.1 Å². The Hall–Kier alpha value is -3.50. The summed E-state index contributed by atoms with van der Waals surface area (Å²) in [7, 11) is 0. The number of imidazole rings is 1. The normalized spacial score (nSPS) is 12.3. The van der Waals surface area contributed by atoms with Crippen LogP contribution in [0.25, 0.3) is 58.7 Å². The minimum absolute atomic E-state index is 1.01. The van der Waals surface area contributed by atoms with Gasteiger partial charge in [-0.1, -0.05) is 42.5 Å². The standard InChI is InChI=1S/C24H13N3S/c1-4-10-20-14(6-1)15-11-12-16-21(23(15)28-20)24-26-17-7-2-3-8-18(17)27(24)19-9-5-13-25-22(16)19/h1-13H. The van der Waals surface area contributed by atoms with Crippen molar-refractivity contribution in [3.05, 3.63) is 79.0 Å². The van der Waals surface area contributed by atoms with Crippen molar-refractivity contribution in [2.24, 2.45) is 0 Å². The molecule has 7 rings (SSSR count). The lowest BCUT2D eigenvalue weighted by molar-refractivity contribution is 1.29. The van der Waals surface area contributed by atoms with E-state index in [1.54, 1.807) is 0 Å². The van der Waals surface area contributed by atoms with Gasteiger partial charge >= 0.3 is 0 Å². The summed E-state index contributed by atoms with van der Waals surface area (Å²) in [6.45, 7) is 0. The van der Waals surface area contributed by atoms with Gasteiger partial charge in [0.15, 0.2) is 0 Å². The molecule has 0 spiro atoms. The van der Waals surface area contributed by atoms with Gasteiger partial charge in [0, 0.05) is 37.1 Å². The fourth-order valence-electron chi connectivity index (χ4n) is 4.43. The summed E-state index contributed by atoms with van der Waals surface area (Å²) in [6, 6.07) is 25.6. The largest absolute Gasteiger partial charge is 0.290 e. The van der Waals surface area contributed by atoms with Crippen molar-refractivity contribution >= 4 is 70.0 Å². The maximum Gasteiger partial charge on any atom is 0.147 e. The summed E-state index contributed by atoms with van der Waals surface area (Å²) >= 11 is 1.84. The highest BCUT2D eigenvalue weighted by molar-refractivity contribution is 7.26. The van der Waals surface area contributed by atoms with Gasteiger partial charge in [0.05, 0.1) is 22.1 Å². The minimum atomic E-state index is 1.01. The average molecular weight is 375 g/mol. The number of hydrogen-bond donors (Lipinski definition) is 0. The molecule has 130 valence electrons. The van der Waals surface area contributed by atoms with E-state index in [1.165, 1.54) is 25.6 Å². The van der Waals surface area contributed by atoms with E-state index < -0.39 is 0 Å². The lowest BCUT2D eigenvalue weighted by Gasteiger charge is -2.09. The number of fused-ring (bicyclic) bond motifs is 12. The van der Waals surface area contributed by atoms with E-state index in [0.717, 1.165) is 33.1 Å². The van der Waals surface area contributed by atoms with E-state index in [1.807, 2.05) is 29.7 Å². The Morgan fingerprint density at radius 3 is 2.54 bits per heavy atom. The smallest absolute Gasteiger partial charge is 0.147 e. The van der Waals surface area contributed by atoms with E-state index in [0.29, 0.717) is 0 Å². The van der Waals surface area contributed by atoms with Gasteiger partial charge in [-0.2, -0.15) is 0 Å². The first kappa shape index (κ1) is 14.5. The van der Waals surface area contributed by atoms with Crippen molar-refractivity contribution in [1.82, 2.24) is 14.4 Å². The molecule has 7 aromatic rings. The molecule has 0 N–H and O–H groups in total. The zero-order chi connectivity index (χ0) is 18.2. The van der Waals surface area contributed by atoms with Crippen LogP contribution < -0.4 is 0 Å². The third-order valence-electron chi connectivity index (χ3n) is 5.61. The van der Waals surface area contributed by atoms with E-state index >= 15 is 0 Å². The summed E-state index contributed by atoms with van der Waals surface area (Å²) in [5, 5.41) is 4.95. The van der Waals surface area contributed by atoms with Gasteiger partial charge in [0.25, 0.3) is 0 Å². The molecule has 0 unspecified atom stereocenters. The number of rotatable bonds is 0. The fourth-order valence-corrected chi connectivity index (χ4v) is 5.68. The summed E-state index contributed by atoms with van der Waals surface area (Å²) in [5.74, 6) is 0. The maximum absolute atomic E-state index is 5.06. The monoisotopic (exact) mass is 375 g/mol. The Bertz CT molecular complexity index is 1720. The fraction of sp³-hybridized carbons (Fsp3) is 0. The van der Waals surface area contributed by atoms with Gasteiger partial charge < -0.3 is 0 Å². The SMILES string of the molecule is c1ccc2c(c1)nc1c3c(ccc4c5ccccc5sc43)c3ncccc3n21. The lowest BCUT2D eigenvalue weighted by Crippen LogP contribution is -1.93. The number of thiophene rings is 1. The van der Waals surface area contributed by atoms with Crippen LogP contribution in [0.2, 0.25) is 0 Å². The zero-order valence-corrected chi connectivity index (χ0v) is 15.6. The second kappa shape index (κ2) is 5.06. The van der Waals surface area contributed by atoms with Crippen LogP contribution in [0.15, 0.2) is 79.0 Å². The Morgan fingerprint density at radius 2 is 1.54 bits per heavy atom. The molecule has 0 atom stereocenters. The number of hydrogen-bond acceptors (Lipinski definition) is 3. The number of para-hydroxylation sites is 2. The van der Waals surface area contributed by atoms with Crippen LogP contribution in [-0.4, -0.2) is 14.4 Å². The minimum Gasteiger partial charge on any atom is -0.290 e. The summed E-state index contributed by atoms with van der Waals surface area (Å²) in [6.07, 6.45) is 1.88. The molecule has 0 aliphatic heterocycles. The molecule has 0 fully saturated rings. The highest BCUT2D eigenvalue weighted by atomic mass is 32.1. The molecule has 0 saturated carbocycles. The van der Waals surface area contributed by atoms with Gasteiger partial charge in [-0.25, -0.2) is 4.98 Å². The number of pyridine rings is 2. The Balaban J connectivity index is 1.89. The molecular weight excluding hydrogens is 362 g/mol. The predicted molar refractivity (Wildman–Crippen MR) is 118 cm³/mol. The predicted octanol–water partition coefficient (Wildman–Crippen LogP) is 6.56. The number of benzene rings is 3. The highest BCUT2D eigenvalue weighted by Crippen LogP contribution is 2.42. The Kier molecular flexibility index (Phi) is 2.63. The molecule has 0 amide bonds. The second-order valence-electron chi connectivity index (χ2n) is 7.09. The molecule has 0 radical (unpaired) electrons. The lowest BCUT2D eigenvalue weighted by atomic mass is 10.1. The first-order valence-corrected chi connectivity index (χ1v) is 10.1. The van der Waals surface area contributed by atoms with Crippen molar-refractivity contribution in [2.75, 3.05) is 0 Å². The maximum atomic E-state index is 5.06. The van der Waals surface area contributed by atoms with E-state index in [-0.39, 0.29) is 0 Å². The zero-order valence-electron chi connectivity index (χ0n) is 14.8. The van der Waals surface area contributed by atoms with Crippen LogP contribution in [0.4, 0.5) is 0 Å². The Morgan fingerprint density at radius 1 is 0.714 bits per heavy atom. The first-order chi connectivity index (χ1) is 13.9. The molecule has 0 aliphatic rings. The van der Waals surface area contributed by atoms with Crippen molar-refractivity contribution in [2.45, 2.75) is 0 Å². The molecule has 3 nitrogen and oxygen atoms in total. The summed E-state index contributed by atoms with van der Waals surface area (Å²) in [4.78, 5) is 9.82. The molecule has 4 aromatic heterocycles. The molecule has 0 aliphatic carbocycles. The van der Waals surface area contributed by atoms with Crippen LogP contribution in [0.1, 0.15) is 0 Å². The Labute approximate surface area is 163 Å². The van der Waals surface area contributed by atoms with E-state index in [4.69, 9.17) is 9.97 Å². The molecule has 28 heavy (non-hydrogen) atoms. The first-order valence-electron chi connectivity index (χ1n) is 9.28. The van der Waals surface area contributed by atoms with E-state index in [9.17, 15) is 0 Å². The van der Waals surface area contributed by atoms with Crippen LogP contribution in [0.3, 0.4) is 0 Å². The van der Waals surface area contributed by atoms with Crippen LogP contribution in [-0.2, 0) is 0 Å². The van der Waals surface area contributed by atoms with Crippen LogP contribution in [0, 0.1) is 0 Å². The van der Waals surface area contributed by atoms with Gasteiger partial charge in [-0.05, 0) is 30.3 Å². The molecule has 4 heterocycles. The molecule has 3 aromatic carbocycles. The van der Waals surface area contributed by atoms with Crippen molar-refractivity contribution in [3.63, 3.8) is 0 Å². The topological polar surface area (TPSA) is 30.2 Å². The summed E-state index contributed by atoms with van der Waals surface area (Å²) in [5.41, 5.74) is 5.26. The van der Waals surface area contributed by atoms with Crippen LogP contribution in [0.5, 0.6) is 0 Å². The van der Waals surface area contributed by atoms with Crippen molar-refractivity contribution in [3.8, 4) is 0 Å². The molecule has 0 bridgehead atoms. The number of nitrogens with zero attached hydrogens (tertiary/aromatic N) is 3. The molecule has 0 saturated heterocycles. The number of aromatic nitrogens is 3. The van der Waals surface area contributed by atoms with Gasteiger partial charge in [-0.15, -0.1) is 11.3 Å². The van der Waals surface area contributed by atoms with Gasteiger partial charge in [0.1, 0.15) is 5.65 Å². The second-order valence-corrected chi connectivity index (χ2v) is 8.15. The third kappa shape index (κ3) is 1.69. The average Bonchev–Trinajstić information content (AvgIpc) is 3.32. The molecular formula is C24H13N3S. The quantitative estimate of drug-likeness (QED) is 0.281. The van der Waals surface area contributed by atoms with Gasteiger partial charge in [0.2, 0.25) is 0 Å². The van der Waals surface area contributed by atoms with Crippen molar-refractivity contribution in [1.29, 1.82) is 0 Å². The third-order valence-corrected chi connectivity index (χ3v) is 6.82. The summed E-state index contributed by atoms with van der Waals surface area (Å²) < 4.78 is 4.86. The van der Waals surface area contributed by atoms with Gasteiger partial charge in [-0.3, -0.25) is 9.38 Å². The molecule has 4 heteroatoms. The van der Waals surface area contributed by atoms with Crippen LogP contribution >= 0.6 is 11.3 Å². The highest BCUT2D eigenvalue weighted by Gasteiger charge is 2.18.